The standard InChI is InChI=1S/C20H25N3O3/c1-15(16-8-5-4-6-9-16)21-19(24)13-23(2)14-20(25)22-17-10-7-11-18(12-17)26-3/h4-12,15H,13-14H2,1-3H3,(H,21,24)(H,22,25)/t15-/m1/s1. The second-order valence-corrected chi connectivity index (χ2v) is 6.15. The Morgan fingerprint density at radius 3 is 2.42 bits per heavy atom. The molecule has 0 unspecified atom stereocenters. The van der Waals surface area contributed by atoms with Gasteiger partial charge in [0.25, 0.3) is 0 Å². The van der Waals surface area contributed by atoms with Gasteiger partial charge < -0.3 is 15.4 Å². The highest BCUT2D eigenvalue weighted by atomic mass is 16.5. The largest absolute Gasteiger partial charge is 0.497 e. The van der Waals surface area contributed by atoms with E-state index >= 15 is 0 Å². The molecule has 6 nitrogen and oxygen atoms in total. The lowest BCUT2D eigenvalue weighted by Crippen LogP contribution is -2.39. The second-order valence-electron chi connectivity index (χ2n) is 6.15. The first-order valence-corrected chi connectivity index (χ1v) is 8.44. The summed E-state index contributed by atoms with van der Waals surface area (Å²) < 4.78 is 5.13. The number of nitrogens with one attached hydrogen (secondary N) is 2. The van der Waals surface area contributed by atoms with E-state index in [1.54, 1.807) is 43.3 Å². The van der Waals surface area contributed by atoms with E-state index in [1.807, 2.05) is 37.3 Å². The molecule has 0 aromatic heterocycles. The number of benzene rings is 2. The zero-order valence-electron chi connectivity index (χ0n) is 15.4. The Morgan fingerprint density at radius 1 is 1.04 bits per heavy atom. The molecule has 138 valence electrons. The molecule has 0 saturated carbocycles. The summed E-state index contributed by atoms with van der Waals surface area (Å²) in [5, 5.41) is 5.73. The summed E-state index contributed by atoms with van der Waals surface area (Å²) in [7, 11) is 3.31. The fourth-order valence-electron chi connectivity index (χ4n) is 2.56. The summed E-state index contributed by atoms with van der Waals surface area (Å²) in [4.78, 5) is 26.0. The molecule has 0 aliphatic rings. The van der Waals surface area contributed by atoms with E-state index in [1.165, 1.54) is 0 Å². The molecule has 0 aliphatic heterocycles. The third-order valence-corrected chi connectivity index (χ3v) is 3.86. The number of amides is 2. The van der Waals surface area contributed by atoms with Crippen molar-refractivity contribution >= 4 is 17.5 Å². The van der Waals surface area contributed by atoms with Crippen LogP contribution in [0.2, 0.25) is 0 Å². The van der Waals surface area contributed by atoms with Gasteiger partial charge >= 0.3 is 0 Å². The van der Waals surface area contributed by atoms with Crippen molar-refractivity contribution in [1.82, 2.24) is 10.2 Å². The Kier molecular flexibility index (Phi) is 7.17. The highest BCUT2D eigenvalue weighted by Crippen LogP contribution is 2.16. The fourth-order valence-corrected chi connectivity index (χ4v) is 2.56. The highest BCUT2D eigenvalue weighted by Gasteiger charge is 2.13. The molecule has 2 rings (SSSR count). The number of anilines is 1. The first kappa shape index (κ1) is 19.5. The number of methoxy groups -OCH3 is 1. The topological polar surface area (TPSA) is 70.7 Å². The van der Waals surface area contributed by atoms with Crippen LogP contribution in [0.5, 0.6) is 5.75 Å². The van der Waals surface area contributed by atoms with Crippen LogP contribution in [0.15, 0.2) is 54.6 Å². The van der Waals surface area contributed by atoms with Gasteiger partial charge in [0.1, 0.15) is 5.75 Å². The number of carbonyl (C=O) groups excluding carboxylic acids is 2. The lowest BCUT2D eigenvalue weighted by Gasteiger charge is -2.19. The van der Waals surface area contributed by atoms with Gasteiger partial charge in [-0.1, -0.05) is 36.4 Å². The van der Waals surface area contributed by atoms with Gasteiger partial charge in [-0.3, -0.25) is 14.5 Å². The average molecular weight is 355 g/mol. The lowest BCUT2D eigenvalue weighted by molar-refractivity contribution is -0.123. The van der Waals surface area contributed by atoms with Crippen molar-refractivity contribution in [1.29, 1.82) is 0 Å². The van der Waals surface area contributed by atoms with Crippen LogP contribution < -0.4 is 15.4 Å². The number of nitrogens with zero attached hydrogens (tertiary/aromatic N) is 1. The van der Waals surface area contributed by atoms with Crippen molar-refractivity contribution in [3.05, 3.63) is 60.2 Å². The van der Waals surface area contributed by atoms with Gasteiger partial charge in [-0.05, 0) is 31.7 Å². The SMILES string of the molecule is COc1cccc(NC(=O)CN(C)CC(=O)N[C@H](C)c2ccccc2)c1. The predicted molar refractivity (Wildman–Crippen MR) is 102 cm³/mol. The van der Waals surface area contributed by atoms with Crippen LogP contribution in [-0.2, 0) is 9.59 Å². The Balaban J connectivity index is 1.78. The van der Waals surface area contributed by atoms with E-state index in [0.717, 1.165) is 5.56 Å². The first-order chi connectivity index (χ1) is 12.5. The molecule has 0 spiro atoms. The summed E-state index contributed by atoms with van der Waals surface area (Å²) >= 11 is 0. The Morgan fingerprint density at radius 2 is 1.73 bits per heavy atom. The number of rotatable bonds is 8. The predicted octanol–water partition coefficient (Wildman–Crippen LogP) is 2.44. The average Bonchev–Trinajstić information content (AvgIpc) is 2.62. The van der Waals surface area contributed by atoms with E-state index in [2.05, 4.69) is 10.6 Å². The molecule has 0 heterocycles. The Bertz CT molecular complexity index is 734. The van der Waals surface area contributed by atoms with Crippen molar-refractivity contribution in [2.45, 2.75) is 13.0 Å². The molecule has 26 heavy (non-hydrogen) atoms. The summed E-state index contributed by atoms with van der Waals surface area (Å²) in [5.74, 6) is 0.355. The Hall–Kier alpha value is -2.86. The molecule has 2 aromatic rings. The van der Waals surface area contributed by atoms with Gasteiger partial charge in [0.05, 0.1) is 26.2 Å². The molecule has 2 aromatic carbocycles. The summed E-state index contributed by atoms with van der Waals surface area (Å²) in [5.41, 5.74) is 1.70. The van der Waals surface area contributed by atoms with Crippen LogP contribution in [0.4, 0.5) is 5.69 Å². The van der Waals surface area contributed by atoms with Gasteiger partial charge in [0.15, 0.2) is 0 Å². The molecular weight excluding hydrogens is 330 g/mol. The maximum atomic E-state index is 12.2. The normalized spacial score (nSPS) is 11.7. The molecule has 6 heteroatoms. The number of hydrogen-bond acceptors (Lipinski definition) is 4. The minimum atomic E-state index is -0.190. The maximum absolute atomic E-state index is 12.2. The molecular formula is C20H25N3O3. The van der Waals surface area contributed by atoms with E-state index < -0.39 is 0 Å². The van der Waals surface area contributed by atoms with Crippen molar-refractivity contribution in [2.75, 3.05) is 32.6 Å². The van der Waals surface area contributed by atoms with E-state index in [9.17, 15) is 9.59 Å². The smallest absolute Gasteiger partial charge is 0.238 e. The maximum Gasteiger partial charge on any atom is 0.238 e. The molecule has 0 fully saturated rings. The van der Waals surface area contributed by atoms with E-state index in [0.29, 0.717) is 11.4 Å². The fraction of sp³-hybridized carbons (Fsp3) is 0.300. The van der Waals surface area contributed by atoms with E-state index in [4.69, 9.17) is 4.74 Å². The van der Waals surface area contributed by atoms with E-state index in [-0.39, 0.29) is 30.9 Å². The van der Waals surface area contributed by atoms with Gasteiger partial charge in [-0.2, -0.15) is 0 Å². The minimum Gasteiger partial charge on any atom is -0.497 e. The number of likely N-dealkylation sites (N-methyl/N-ethyl adjacent to an activating group) is 1. The van der Waals surface area contributed by atoms with Gasteiger partial charge in [-0.15, -0.1) is 0 Å². The zero-order chi connectivity index (χ0) is 18.9. The summed E-state index contributed by atoms with van der Waals surface area (Å²) in [6.45, 7) is 2.19. The molecule has 2 amide bonds. The van der Waals surface area contributed by atoms with Crippen LogP contribution in [0, 0.1) is 0 Å². The first-order valence-electron chi connectivity index (χ1n) is 8.44. The van der Waals surface area contributed by atoms with Crippen molar-refractivity contribution < 1.29 is 14.3 Å². The minimum absolute atomic E-state index is 0.0808. The van der Waals surface area contributed by atoms with Gasteiger partial charge in [0.2, 0.25) is 11.8 Å². The third kappa shape index (κ3) is 6.22. The van der Waals surface area contributed by atoms with Crippen LogP contribution in [-0.4, -0.2) is 44.0 Å². The highest BCUT2D eigenvalue weighted by molar-refractivity contribution is 5.92. The van der Waals surface area contributed by atoms with Gasteiger partial charge in [-0.25, -0.2) is 0 Å². The Labute approximate surface area is 154 Å². The molecule has 0 saturated heterocycles. The molecule has 0 bridgehead atoms. The van der Waals surface area contributed by atoms with Crippen molar-refractivity contribution in [3.8, 4) is 5.75 Å². The van der Waals surface area contributed by atoms with Crippen molar-refractivity contribution in [3.63, 3.8) is 0 Å². The van der Waals surface area contributed by atoms with Crippen LogP contribution in [0.25, 0.3) is 0 Å². The monoisotopic (exact) mass is 355 g/mol. The second kappa shape index (κ2) is 9.58. The zero-order valence-corrected chi connectivity index (χ0v) is 15.4. The quantitative estimate of drug-likeness (QED) is 0.763. The summed E-state index contributed by atoms with van der Waals surface area (Å²) in [6.07, 6.45) is 0. The number of ether oxygens (including phenoxy) is 1. The third-order valence-electron chi connectivity index (χ3n) is 3.86. The van der Waals surface area contributed by atoms with Crippen LogP contribution >= 0.6 is 0 Å². The molecule has 0 aliphatic carbocycles. The van der Waals surface area contributed by atoms with Crippen molar-refractivity contribution in [2.24, 2.45) is 0 Å². The summed E-state index contributed by atoms with van der Waals surface area (Å²) in [6, 6.07) is 16.8. The molecule has 2 N–H and O–H groups in total. The van der Waals surface area contributed by atoms with Crippen LogP contribution in [0.1, 0.15) is 18.5 Å². The van der Waals surface area contributed by atoms with Gasteiger partial charge in [0, 0.05) is 11.8 Å². The molecule has 0 radical (unpaired) electrons. The molecule has 1 atom stereocenters. The number of carbonyl (C=O) groups is 2. The lowest BCUT2D eigenvalue weighted by atomic mass is 10.1. The van der Waals surface area contributed by atoms with Crippen LogP contribution in [0.3, 0.4) is 0 Å². The number of hydrogen-bond donors (Lipinski definition) is 2.